The van der Waals surface area contributed by atoms with E-state index in [-0.39, 0.29) is 5.91 Å². The number of hydrogen-bond acceptors (Lipinski definition) is 5. The van der Waals surface area contributed by atoms with Crippen molar-refractivity contribution in [3.63, 3.8) is 0 Å². The number of nitrogens with zero attached hydrogens (tertiary/aromatic N) is 4. The number of hydrogen-bond donors (Lipinski definition) is 0. The fourth-order valence-corrected chi connectivity index (χ4v) is 4.78. The molecule has 1 amide bonds. The Kier molecular flexibility index (Phi) is 7.62. The molecule has 0 unspecified atom stereocenters. The van der Waals surface area contributed by atoms with Crippen LogP contribution in [0.2, 0.25) is 0 Å². The van der Waals surface area contributed by atoms with E-state index in [1.54, 1.807) is 0 Å². The van der Waals surface area contributed by atoms with Crippen molar-refractivity contribution in [2.24, 2.45) is 4.99 Å². The van der Waals surface area contributed by atoms with Gasteiger partial charge in [0.15, 0.2) is 0 Å². The number of para-hydroxylation sites is 2. The van der Waals surface area contributed by atoms with Gasteiger partial charge in [0, 0.05) is 37.4 Å². The summed E-state index contributed by atoms with van der Waals surface area (Å²) in [5.74, 6) is 0.797. The molecule has 0 radical (unpaired) electrons. The molecule has 0 saturated carbocycles. The molecule has 1 fully saturated rings. The molecule has 0 aromatic heterocycles. The highest BCUT2D eigenvalue weighted by Gasteiger charge is 2.35. The maximum atomic E-state index is 13.5. The van der Waals surface area contributed by atoms with Crippen molar-refractivity contribution in [3.05, 3.63) is 84.4 Å². The Morgan fingerprint density at radius 2 is 1.56 bits per heavy atom. The Morgan fingerprint density at radius 3 is 2.31 bits per heavy atom. The van der Waals surface area contributed by atoms with Crippen LogP contribution in [0.5, 0.6) is 5.75 Å². The molecule has 36 heavy (non-hydrogen) atoms. The summed E-state index contributed by atoms with van der Waals surface area (Å²) in [5, 5.41) is 0. The fourth-order valence-electron chi connectivity index (χ4n) is 4.78. The second kappa shape index (κ2) is 11.4. The van der Waals surface area contributed by atoms with E-state index < -0.39 is 0 Å². The molecule has 186 valence electrons. The van der Waals surface area contributed by atoms with Crippen molar-refractivity contribution >= 4 is 28.7 Å². The van der Waals surface area contributed by atoms with Crippen LogP contribution in [0.4, 0.5) is 17.1 Å². The highest BCUT2D eigenvalue weighted by Crippen LogP contribution is 2.31. The van der Waals surface area contributed by atoms with E-state index in [2.05, 4.69) is 41.0 Å². The maximum absolute atomic E-state index is 13.5. The summed E-state index contributed by atoms with van der Waals surface area (Å²) in [6.45, 7) is 7.19. The zero-order valence-electron chi connectivity index (χ0n) is 21.0. The molecule has 0 aliphatic carbocycles. The normalized spacial score (nSPS) is 17.0. The monoisotopic (exact) mass is 482 g/mol. The summed E-state index contributed by atoms with van der Waals surface area (Å²) in [6.07, 6.45) is 3.41. The van der Waals surface area contributed by atoms with Crippen LogP contribution in [-0.2, 0) is 4.79 Å². The molecule has 0 spiro atoms. The van der Waals surface area contributed by atoms with Crippen molar-refractivity contribution in [3.8, 4) is 5.75 Å². The third kappa shape index (κ3) is 5.44. The van der Waals surface area contributed by atoms with Gasteiger partial charge in [0.05, 0.1) is 24.7 Å². The first-order valence-corrected chi connectivity index (χ1v) is 13.0. The van der Waals surface area contributed by atoms with Crippen LogP contribution in [0.1, 0.15) is 31.7 Å². The average molecular weight is 483 g/mol. The average Bonchev–Trinajstić information content (AvgIpc) is 3.19. The van der Waals surface area contributed by atoms with Gasteiger partial charge in [-0.1, -0.05) is 56.2 Å². The van der Waals surface area contributed by atoms with Gasteiger partial charge in [-0.05, 0) is 48.9 Å². The Labute approximate surface area is 213 Å². The first-order chi connectivity index (χ1) is 17.7. The molecule has 3 aromatic rings. The smallest absolute Gasteiger partial charge is 0.278 e. The summed E-state index contributed by atoms with van der Waals surface area (Å²) in [7, 11) is 0. The Bertz CT molecular complexity index is 1190. The van der Waals surface area contributed by atoms with Crippen LogP contribution in [0.25, 0.3) is 0 Å². The van der Waals surface area contributed by atoms with Crippen LogP contribution in [0, 0.1) is 0 Å². The molecule has 2 aliphatic heterocycles. The summed E-state index contributed by atoms with van der Waals surface area (Å²) < 4.78 is 5.82. The van der Waals surface area contributed by atoms with Crippen molar-refractivity contribution < 1.29 is 9.53 Å². The highest BCUT2D eigenvalue weighted by atomic mass is 16.5. The fraction of sp³-hybridized carbons (Fsp3) is 0.333. The van der Waals surface area contributed by atoms with E-state index in [0.717, 1.165) is 61.9 Å². The number of amides is 1. The summed E-state index contributed by atoms with van der Waals surface area (Å²) in [5.41, 5.74) is 4.34. The lowest BCUT2D eigenvalue weighted by Gasteiger charge is -2.37. The lowest BCUT2D eigenvalue weighted by atomic mass is 10.1. The van der Waals surface area contributed by atoms with Gasteiger partial charge in [0.2, 0.25) is 0 Å². The zero-order chi connectivity index (χ0) is 24.7. The number of rotatable bonds is 9. The minimum absolute atomic E-state index is 0.0402. The molecule has 0 N–H and O–H groups in total. The minimum Gasteiger partial charge on any atom is -0.494 e. The lowest BCUT2D eigenvalue weighted by molar-refractivity contribution is -0.112. The van der Waals surface area contributed by atoms with Gasteiger partial charge in [-0.25, -0.2) is 4.99 Å². The zero-order valence-corrected chi connectivity index (χ0v) is 21.0. The minimum atomic E-state index is -0.0402. The first kappa shape index (κ1) is 24.1. The van der Waals surface area contributed by atoms with Crippen LogP contribution in [0.15, 0.2) is 83.9 Å². The van der Waals surface area contributed by atoms with Crippen LogP contribution in [0.3, 0.4) is 0 Å². The SMILES string of the molecule is CCCCCOc1ccc(N=C2C(=O)N(CN3CCN(c4ccccc4)CC3)c3ccccc32)cc1. The highest BCUT2D eigenvalue weighted by molar-refractivity contribution is 6.54. The number of carbonyl (C=O) groups is 1. The molecule has 0 bridgehead atoms. The largest absolute Gasteiger partial charge is 0.494 e. The number of fused-ring (bicyclic) bond motifs is 1. The first-order valence-electron chi connectivity index (χ1n) is 13.0. The van der Waals surface area contributed by atoms with Gasteiger partial charge in [-0.3, -0.25) is 14.6 Å². The standard InChI is InChI=1S/C30H34N4O2/c1-2-3-9-22-36-26-16-14-24(15-17-26)31-29-27-12-7-8-13-28(27)34(30(29)35)23-32-18-20-33(21-19-32)25-10-5-4-6-11-25/h4-8,10-17H,2-3,9,18-23H2,1H3. The summed E-state index contributed by atoms with van der Waals surface area (Å²) >= 11 is 0. The molecule has 6 heteroatoms. The van der Waals surface area contributed by atoms with Crippen molar-refractivity contribution in [1.82, 2.24) is 4.90 Å². The van der Waals surface area contributed by atoms with Gasteiger partial charge in [-0.15, -0.1) is 0 Å². The van der Waals surface area contributed by atoms with E-state index in [9.17, 15) is 4.79 Å². The molecular formula is C30H34N4O2. The topological polar surface area (TPSA) is 48.4 Å². The van der Waals surface area contributed by atoms with Crippen molar-refractivity contribution in [2.45, 2.75) is 26.2 Å². The Morgan fingerprint density at radius 1 is 0.833 bits per heavy atom. The Hall–Kier alpha value is -3.64. The molecule has 2 aliphatic rings. The molecule has 6 nitrogen and oxygen atoms in total. The van der Waals surface area contributed by atoms with Gasteiger partial charge < -0.3 is 9.64 Å². The quantitative estimate of drug-likeness (QED) is 0.378. The third-order valence-corrected chi connectivity index (χ3v) is 6.83. The van der Waals surface area contributed by atoms with Crippen LogP contribution >= 0.6 is 0 Å². The van der Waals surface area contributed by atoms with Crippen molar-refractivity contribution in [2.75, 3.05) is 49.3 Å². The van der Waals surface area contributed by atoms with E-state index >= 15 is 0 Å². The van der Waals surface area contributed by atoms with E-state index in [0.29, 0.717) is 12.4 Å². The maximum Gasteiger partial charge on any atom is 0.278 e. The molecule has 3 aromatic carbocycles. The third-order valence-electron chi connectivity index (χ3n) is 6.83. The summed E-state index contributed by atoms with van der Waals surface area (Å²) in [4.78, 5) is 24.9. The second-order valence-electron chi connectivity index (χ2n) is 9.34. The van der Waals surface area contributed by atoms with Crippen LogP contribution in [-0.4, -0.2) is 56.0 Å². The van der Waals surface area contributed by atoms with Gasteiger partial charge in [0.1, 0.15) is 11.5 Å². The predicted octanol–water partition coefficient (Wildman–Crippen LogP) is 5.50. The lowest BCUT2D eigenvalue weighted by Crippen LogP contribution is -2.51. The Balaban J connectivity index is 1.26. The molecule has 5 rings (SSSR count). The number of ether oxygens (including phenoxy) is 1. The number of benzene rings is 3. The van der Waals surface area contributed by atoms with Gasteiger partial charge in [-0.2, -0.15) is 0 Å². The number of unbranched alkanes of at least 4 members (excludes halogenated alkanes) is 2. The van der Waals surface area contributed by atoms with Crippen molar-refractivity contribution in [1.29, 1.82) is 0 Å². The van der Waals surface area contributed by atoms with E-state index in [1.807, 2.05) is 59.5 Å². The molecule has 2 heterocycles. The number of carbonyl (C=O) groups excluding carboxylic acids is 1. The van der Waals surface area contributed by atoms with Gasteiger partial charge >= 0.3 is 0 Å². The second-order valence-corrected chi connectivity index (χ2v) is 9.34. The number of piperazine rings is 1. The summed E-state index contributed by atoms with van der Waals surface area (Å²) in [6, 6.07) is 26.2. The van der Waals surface area contributed by atoms with E-state index in [4.69, 9.17) is 9.73 Å². The van der Waals surface area contributed by atoms with Crippen LogP contribution < -0.4 is 14.5 Å². The van der Waals surface area contributed by atoms with E-state index in [1.165, 1.54) is 18.5 Å². The molecular weight excluding hydrogens is 448 g/mol. The number of aliphatic imine (C=N–C) groups is 1. The number of anilines is 2. The predicted molar refractivity (Wildman–Crippen MR) is 147 cm³/mol. The molecule has 0 atom stereocenters. The molecule has 1 saturated heterocycles. The van der Waals surface area contributed by atoms with Gasteiger partial charge in [0.25, 0.3) is 5.91 Å².